The average Bonchev–Trinajstić information content (AvgIpc) is 2.70. The van der Waals surface area contributed by atoms with E-state index in [0.717, 1.165) is 6.42 Å². The normalized spacial score (nSPS) is 9.96. The van der Waals surface area contributed by atoms with Crippen LogP contribution in [0.2, 0.25) is 0 Å². The number of hydrogen-bond donors (Lipinski definition) is 2. The van der Waals surface area contributed by atoms with E-state index in [-0.39, 0.29) is 19.1 Å². The van der Waals surface area contributed by atoms with Gasteiger partial charge in [0, 0.05) is 5.69 Å². The maximum atomic E-state index is 11.9. The highest BCUT2D eigenvalue weighted by Crippen LogP contribution is 2.11. The van der Waals surface area contributed by atoms with Crippen molar-refractivity contribution in [2.24, 2.45) is 0 Å². The topological polar surface area (TPSA) is 93.7 Å². The zero-order valence-electron chi connectivity index (χ0n) is 15.1. The third-order valence-electron chi connectivity index (χ3n) is 3.40. The fraction of sp³-hybridized carbons (Fsp3) is 0.250. The molecule has 0 atom stereocenters. The molecule has 0 fully saturated rings. The first-order valence-electron chi connectivity index (χ1n) is 8.60. The number of carbonyl (C=O) groups excluding carboxylic acids is 3. The molecular weight excluding hydrogens is 348 g/mol. The van der Waals surface area contributed by atoms with Crippen LogP contribution in [0, 0.1) is 0 Å². The molecule has 2 N–H and O–H groups in total. The number of anilines is 1. The molecule has 0 aromatic heterocycles. The molecule has 0 bridgehead atoms. The van der Waals surface area contributed by atoms with Gasteiger partial charge in [-0.2, -0.15) is 0 Å². The molecule has 0 aliphatic rings. The number of para-hydroxylation sites is 1. The number of ether oxygens (including phenoxy) is 2. The third-order valence-corrected chi connectivity index (χ3v) is 3.40. The second kappa shape index (κ2) is 10.6. The van der Waals surface area contributed by atoms with E-state index < -0.39 is 11.9 Å². The fourth-order valence-corrected chi connectivity index (χ4v) is 2.07. The Labute approximate surface area is 157 Å². The minimum atomic E-state index is -0.402. The van der Waals surface area contributed by atoms with E-state index in [9.17, 15) is 14.4 Å². The summed E-state index contributed by atoms with van der Waals surface area (Å²) in [6.45, 7) is 1.92. The standard InChI is InChI=1S/C20H22N2O5/c1-2-12-26-20(25)15-8-10-16(11-9-15)22-18(23)13-21-19(24)14-27-17-6-4-3-5-7-17/h3-11H,2,12-14H2,1H3,(H,21,24)(H,22,23). The van der Waals surface area contributed by atoms with Crippen LogP contribution in [0.25, 0.3) is 0 Å². The summed E-state index contributed by atoms with van der Waals surface area (Å²) in [5, 5.41) is 5.11. The van der Waals surface area contributed by atoms with E-state index >= 15 is 0 Å². The lowest BCUT2D eigenvalue weighted by molar-refractivity contribution is -0.125. The molecule has 0 aliphatic heterocycles. The monoisotopic (exact) mass is 370 g/mol. The number of benzene rings is 2. The van der Waals surface area contributed by atoms with Gasteiger partial charge >= 0.3 is 5.97 Å². The number of amides is 2. The zero-order valence-corrected chi connectivity index (χ0v) is 15.1. The van der Waals surface area contributed by atoms with Crippen molar-refractivity contribution in [3.63, 3.8) is 0 Å². The first-order chi connectivity index (χ1) is 13.1. The number of nitrogens with one attached hydrogen (secondary N) is 2. The molecule has 0 heterocycles. The van der Waals surface area contributed by atoms with Crippen molar-refractivity contribution in [1.29, 1.82) is 0 Å². The molecule has 0 aliphatic carbocycles. The van der Waals surface area contributed by atoms with Crippen molar-refractivity contribution < 1.29 is 23.9 Å². The van der Waals surface area contributed by atoms with Crippen LogP contribution < -0.4 is 15.4 Å². The van der Waals surface area contributed by atoms with Gasteiger partial charge in [-0.1, -0.05) is 25.1 Å². The molecule has 0 radical (unpaired) electrons. The molecule has 0 saturated heterocycles. The lowest BCUT2D eigenvalue weighted by Gasteiger charge is -2.09. The average molecular weight is 370 g/mol. The molecular formula is C20H22N2O5. The first-order valence-corrected chi connectivity index (χ1v) is 8.60. The van der Waals surface area contributed by atoms with Crippen molar-refractivity contribution in [2.45, 2.75) is 13.3 Å². The molecule has 142 valence electrons. The number of rotatable bonds is 9. The van der Waals surface area contributed by atoms with Gasteiger partial charge in [-0.25, -0.2) is 4.79 Å². The molecule has 0 saturated carbocycles. The van der Waals surface area contributed by atoms with Crippen molar-refractivity contribution in [3.05, 3.63) is 60.2 Å². The predicted molar refractivity (Wildman–Crippen MR) is 101 cm³/mol. The summed E-state index contributed by atoms with van der Waals surface area (Å²) in [5.74, 6) is -0.609. The van der Waals surface area contributed by atoms with Gasteiger partial charge in [0.2, 0.25) is 5.91 Å². The summed E-state index contributed by atoms with van der Waals surface area (Å²) in [7, 11) is 0. The Hall–Kier alpha value is -3.35. The summed E-state index contributed by atoms with van der Waals surface area (Å²) in [6.07, 6.45) is 0.752. The van der Waals surface area contributed by atoms with Gasteiger partial charge in [0.25, 0.3) is 5.91 Å². The van der Waals surface area contributed by atoms with Crippen molar-refractivity contribution in [1.82, 2.24) is 5.32 Å². The first kappa shape index (κ1) is 20.0. The number of carbonyl (C=O) groups is 3. The second-order valence-electron chi connectivity index (χ2n) is 5.64. The zero-order chi connectivity index (χ0) is 19.5. The maximum absolute atomic E-state index is 11.9. The van der Waals surface area contributed by atoms with Gasteiger partial charge in [-0.05, 0) is 42.8 Å². The lowest BCUT2D eigenvalue weighted by Crippen LogP contribution is -2.35. The molecule has 7 nitrogen and oxygen atoms in total. The Balaban J connectivity index is 1.72. The SMILES string of the molecule is CCCOC(=O)c1ccc(NC(=O)CNC(=O)COc2ccccc2)cc1. The van der Waals surface area contributed by atoms with Crippen LogP contribution >= 0.6 is 0 Å². The number of esters is 1. The highest BCUT2D eigenvalue weighted by molar-refractivity contribution is 5.95. The number of hydrogen-bond acceptors (Lipinski definition) is 5. The third kappa shape index (κ3) is 7.19. The van der Waals surface area contributed by atoms with Crippen LogP contribution in [0.1, 0.15) is 23.7 Å². The molecule has 0 unspecified atom stereocenters. The van der Waals surface area contributed by atoms with Crippen LogP contribution in [0.4, 0.5) is 5.69 Å². The Morgan fingerprint density at radius 2 is 1.63 bits per heavy atom. The summed E-state index contributed by atoms with van der Waals surface area (Å²) in [5.41, 5.74) is 0.926. The quantitative estimate of drug-likeness (QED) is 0.661. The van der Waals surface area contributed by atoms with Gasteiger partial charge in [0.1, 0.15) is 5.75 Å². The summed E-state index contributed by atoms with van der Waals surface area (Å²) in [4.78, 5) is 35.3. The van der Waals surface area contributed by atoms with Crippen LogP contribution in [0.3, 0.4) is 0 Å². The Bertz CT molecular complexity index is 760. The van der Waals surface area contributed by atoms with Gasteiger partial charge in [0.05, 0.1) is 18.7 Å². The molecule has 2 aromatic carbocycles. The van der Waals surface area contributed by atoms with Crippen molar-refractivity contribution >= 4 is 23.5 Å². The van der Waals surface area contributed by atoms with E-state index in [2.05, 4.69) is 10.6 Å². The fourth-order valence-electron chi connectivity index (χ4n) is 2.07. The minimum absolute atomic E-state index is 0.175. The highest BCUT2D eigenvalue weighted by Gasteiger charge is 2.09. The second-order valence-corrected chi connectivity index (χ2v) is 5.64. The molecule has 7 heteroatoms. The molecule has 2 rings (SSSR count). The molecule has 2 amide bonds. The van der Waals surface area contributed by atoms with E-state index in [1.165, 1.54) is 0 Å². The van der Waals surface area contributed by atoms with Crippen LogP contribution in [0.5, 0.6) is 5.75 Å². The van der Waals surface area contributed by atoms with E-state index in [1.807, 2.05) is 13.0 Å². The minimum Gasteiger partial charge on any atom is -0.484 e. The van der Waals surface area contributed by atoms with Crippen LogP contribution in [-0.2, 0) is 14.3 Å². The molecule has 2 aromatic rings. The summed E-state index contributed by atoms with van der Waals surface area (Å²) < 4.78 is 10.3. The van der Waals surface area contributed by atoms with Crippen molar-refractivity contribution in [3.8, 4) is 5.75 Å². The largest absolute Gasteiger partial charge is 0.484 e. The molecule has 0 spiro atoms. The van der Waals surface area contributed by atoms with Gasteiger partial charge in [-0.15, -0.1) is 0 Å². The van der Waals surface area contributed by atoms with Crippen LogP contribution in [0.15, 0.2) is 54.6 Å². The van der Waals surface area contributed by atoms with E-state index in [0.29, 0.717) is 23.6 Å². The maximum Gasteiger partial charge on any atom is 0.338 e. The molecule has 27 heavy (non-hydrogen) atoms. The smallest absolute Gasteiger partial charge is 0.338 e. The van der Waals surface area contributed by atoms with Gasteiger partial charge in [0.15, 0.2) is 6.61 Å². The van der Waals surface area contributed by atoms with Gasteiger partial charge in [-0.3, -0.25) is 9.59 Å². The Kier molecular flexibility index (Phi) is 7.84. The Morgan fingerprint density at radius 1 is 0.926 bits per heavy atom. The highest BCUT2D eigenvalue weighted by atomic mass is 16.5. The van der Waals surface area contributed by atoms with Crippen LogP contribution in [-0.4, -0.2) is 37.5 Å². The summed E-state index contributed by atoms with van der Waals surface area (Å²) in [6, 6.07) is 15.3. The van der Waals surface area contributed by atoms with Gasteiger partial charge < -0.3 is 20.1 Å². The predicted octanol–water partition coefficient (Wildman–Crippen LogP) is 2.39. The van der Waals surface area contributed by atoms with E-state index in [4.69, 9.17) is 9.47 Å². The van der Waals surface area contributed by atoms with E-state index in [1.54, 1.807) is 48.5 Å². The Morgan fingerprint density at radius 3 is 2.30 bits per heavy atom. The lowest BCUT2D eigenvalue weighted by atomic mass is 10.2. The van der Waals surface area contributed by atoms with Crippen molar-refractivity contribution in [2.75, 3.05) is 25.1 Å². The summed E-state index contributed by atoms with van der Waals surface area (Å²) >= 11 is 0.